The second kappa shape index (κ2) is 6.59. The lowest BCUT2D eigenvalue weighted by molar-refractivity contribution is -0.140. The first-order valence-electron chi connectivity index (χ1n) is 8.71. The predicted octanol–water partition coefficient (Wildman–Crippen LogP) is 3.35. The molecule has 29 heavy (non-hydrogen) atoms. The molecule has 0 radical (unpaired) electrons. The minimum atomic E-state index is -4.58. The zero-order valence-corrected chi connectivity index (χ0v) is 15.5. The average Bonchev–Trinajstić information content (AvgIpc) is 3.25. The van der Waals surface area contributed by atoms with Crippen LogP contribution in [0.25, 0.3) is 22.3 Å². The van der Waals surface area contributed by atoms with Crippen LogP contribution < -0.4 is 16.2 Å². The Hall–Kier alpha value is -3.40. The summed E-state index contributed by atoms with van der Waals surface area (Å²) in [4.78, 5) is 23.2. The third kappa shape index (κ3) is 3.31. The number of anilines is 1. The van der Waals surface area contributed by atoms with E-state index in [0.29, 0.717) is 16.7 Å². The van der Waals surface area contributed by atoms with Gasteiger partial charge in [0.2, 0.25) is 5.91 Å². The number of halogens is 3. The smallest absolute Gasteiger partial charge is 0.339 e. The highest BCUT2D eigenvalue weighted by atomic mass is 19.4. The highest BCUT2D eigenvalue weighted by molar-refractivity contribution is 6.01. The molecule has 1 atom stereocenters. The van der Waals surface area contributed by atoms with Crippen LogP contribution in [0, 0.1) is 0 Å². The summed E-state index contributed by atoms with van der Waals surface area (Å²) in [5.74, 6) is -0.292. The highest BCUT2D eigenvalue weighted by Gasteiger charge is 2.38. The van der Waals surface area contributed by atoms with E-state index in [0.717, 1.165) is 11.8 Å². The van der Waals surface area contributed by atoms with Crippen molar-refractivity contribution >= 4 is 22.6 Å². The maximum atomic E-state index is 13.3. The lowest BCUT2D eigenvalue weighted by Gasteiger charge is -2.24. The Morgan fingerprint density at radius 3 is 2.72 bits per heavy atom. The van der Waals surface area contributed by atoms with Gasteiger partial charge >= 0.3 is 6.18 Å². The Labute approximate surface area is 163 Å². The van der Waals surface area contributed by atoms with Crippen molar-refractivity contribution in [3.63, 3.8) is 0 Å². The number of carbonyl (C=O) groups is 1. The second-order valence-electron chi connectivity index (χ2n) is 6.92. The lowest BCUT2D eigenvalue weighted by atomic mass is 9.94. The van der Waals surface area contributed by atoms with E-state index in [2.05, 4.69) is 31.1 Å². The van der Waals surface area contributed by atoms with Gasteiger partial charge in [-0.3, -0.25) is 9.78 Å². The first kappa shape index (κ1) is 18.9. The Morgan fingerprint density at radius 2 is 2.03 bits per heavy atom. The Kier molecular flexibility index (Phi) is 4.30. The number of rotatable bonds is 3. The van der Waals surface area contributed by atoms with Crippen molar-refractivity contribution < 1.29 is 18.0 Å². The molecule has 1 unspecified atom stereocenters. The molecule has 10 heteroatoms. The quantitative estimate of drug-likeness (QED) is 0.539. The summed E-state index contributed by atoms with van der Waals surface area (Å²) in [5.41, 5.74) is 5.61. The van der Waals surface area contributed by atoms with Crippen molar-refractivity contribution in [2.45, 2.75) is 25.6 Å². The van der Waals surface area contributed by atoms with Crippen LogP contribution in [-0.2, 0) is 11.0 Å². The van der Waals surface area contributed by atoms with Gasteiger partial charge in [-0.2, -0.15) is 13.2 Å². The Balaban J connectivity index is 1.66. The standard InChI is InChI=1S/C19H17F3N6O/c1-10-8-25-28-18(10,2)17(29)26-12-6-11-7-14(27-16(11)24-9-12)13-4-3-5-23-15(13)19(20,21)22/h3-9,25,28H,1-2H3,(H,24,27)(H,26,29). The second-order valence-corrected chi connectivity index (χ2v) is 6.92. The van der Waals surface area contributed by atoms with E-state index in [1.807, 2.05) is 6.92 Å². The maximum Gasteiger partial charge on any atom is 0.434 e. The van der Waals surface area contributed by atoms with Crippen LogP contribution in [-0.4, -0.2) is 26.4 Å². The van der Waals surface area contributed by atoms with Crippen LogP contribution in [0.1, 0.15) is 19.5 Å². The molecule has 3 aromatic rings. The molecule has 150 valence electrons. The normalized spacial score (nSPS) is 19.1. The highest BCUT2D eigenvalue weighted by Crippen LogP contribution is 2.36. The number of alkyl halides is 3. The minimum Gasteiger partial charge on any atom is -0.339 e. The van der Waals surface area contributed by atoms with E-state index in [-0.39, 0.29) is 17.2 Å². The number of nitrogens with one attached hydrogen (secondary N) is 4. The van der Waals surface area contributed by atoms with Crippen LogP contribution in [0.4, 0.5) is 18.9 Å². The van der Waals surface area contributed by atoms with E-state index in [9.17, 15) is 18.0 Å². The zero-order chi connectivity index (χ0) is 20.8. The predicted molar refractivity (Wildman–Crippen MR) is 101 cm³/mol. The number of hydrazine groups is 1. The molecule has 4 rings (SSSR count). The average molecular weight is 402 g/mol. The Bertz CT molecular complexity index is 1140. The number of nitrogens with zero attached hydrogens (tertiary/aromatic N) is 2. The summed E-state index contributed by atoms with van der Waals surface area (Å²) in [6, 6.07) is 5.98. The number of hydrogen-bond donors (Lipinski definition) is 4. The van der Waals surface area contributed by atoms with Gasteiger partial charge in [0.1, 0.15) is 11.2 Å². The number of carbonyl (C=O) groups excluding carboxylic acids is 1. The molecule has 0 fully saturated rings. The van der Waals surface area contributed by atoms with E-state index in [4.69, 9.17) is 0 Å². The van der Waals surface area contributed by atoms with Gasteiger partial charge in [0.05, 0.1) is 11.9 Å². The fourth-order valence-corrected chi connectivity index (χ4v) is 3.10. The van der Waals surface area contributed by atoms with Gasteiger partial charge < -0.3 is 15.7 Å². The van der Waals surface area contributed by atoms with Crippen LogP contribution >= 0.6 is 0 Å². The van der Waals surface area contributed by atoms with E-state index >= 15 is 0 Å². The first-order valence-corrected chi connectivity index (χ1v) is 8.71. The van der Waals surface area contributed by atoms with Crippen LogP contribution in [0.5, 0.6) is 0 Å². The van der Waals surface area contributed by atoms with Gasteiger partial charge in [-0.25, -0.2) is 10.4 Å². The summed E-state index contributed by atoms with van der Waals surface area (Å²) in [5, 5.41) is 3.34. The first-order chi connectivity index (χ1) is 13.7. The molecular formula is C19H17F3N6O. The van der Waals surface area contributed by atoms with Gasteiger partial charge in [0.25, 0.3) is 0 Å². The van der Waals surface area contributed by atoms with Crippen molar-refractivity contribution in [3.05, 3.63) is 54.1 Å². The van der Waals surface area contributed by atoms with Gasteiger partial charge in [-0.05, 0) is 43.7 Å². The molecule has 0 aromatic carbocycles. The molecule has 0 saturated carbocycles. The molecule has 0 saturated heterocycles. The SMILES string of the molecule is CC1=CNNC1(C)C(=O)Nc1cnc2[nH]c(-c3cccnc3C(F)(F)F)cc2c1. The zero-order valence-electron chi connectivity index (χ0n) is 15.5. The van der Waals surface area contributed by atoms with Crippen LogP contribution in [0.3, 0.4) is 0 Å². The largest absolute Gasteiger partial charge is 0.434 e. The minimum absolute atomic E-state index is 0.0712. The van der Waals surface area contributed by atoms with Crippen molar-refractivity contribution in [2.75, 3.05) is 5.32 Å². The molecule has 0 spiro atoms. The van der Waals surface area contributed by atoms with Crippen molar-refractivity contribution in [3.8, 4) is 11.3 Å². The molecule has 3 aromatic heterocycles. The van der Waals surface area contributed by atoms with Gasteiger partial charge in [-0.15, -0.1) is 0 Å². The Morgan fingerprint density at radius 1 is 1.24 bits per heavy atom. The van der Waals surface area contributed by atoms with E-state index in [1.54, 1.807) is 25.3 Å². The molecule has 1 aliphatic heterocycles. The fourth-order valence-electron chi connectivity index (χ4n) is 3.10. The molecular weight excluding hydrogens is 385 g/mol. The van der Waals surface area contributed by atoms with Crippen LogP contribution in [0.2, 0.25) is 0 Å². The summed E-state index contributed by atoms with van der Waals surface area (Å²) < 4.78 is 39.8. The lowest BCUT2D eigenvalue weighted by Crippen LogP contribution is -2.52. The summed E-state index contributed by atoms with van der Waals surface area (Å²) in [6.07, 6.45) is -0.335. The summed E-state index contributed by atoms with van der Waals surface area (Å²) >= 11 is 0. The number of fused-ring (bicyclic) bond motifs is 1. The van der Waals surface area contributed by atoms with Gasteiger partial charge in [-0.1, -0.05) is 0 Å². The summed E-state index contributed by atoms with van der Waals surface area (Å²) in [7, 11) is 0. The topological polar surface area (TPSA) is 94.7 Å². The van der Waals surface area contributed by atoms with Crippen molar-refractivity contribution in [1.29, 1.82) is 0 Å². The molecule has 4 N–H and O–H groups in total. The molecule has 1 amide bonds. The van der Waals surface area contributed by atoms with Crippen molar-refractivity contribution in [2.24, 2.45) is 0 Å². The number of aromatic nitrogens is 3. The number of hydrogen-bond acceptors (Lipinski definition) is 5. The third-order valence-electron chi connectivity index (χ3n) is 4.95. The van der Waals surface area contributed by atoms with Crippen LogP contribution in [0.15, 0.2) is 48.4 Å². The number of H-pyrrole nitrogens is 1. The van der Waals surface area contributed by atoms with Gasteiger partial charge in [0, 0.05) is 29.0 Å². The monoisotopic (exact) mass is 402 g/mol. The number of pyridine rings is 2. The maximum absolute atomic E-state index is 13.3. The fraction of sp³-hybridized carbons (Fsp3) is 0.211. The number of amides is 1. The molecule has 4 heterocycles. The molecule has 1 aliphatic rings. The van der Waals surface area contributed by atoms with Gasteiger partial charge in [0.15, 0.2) is 5.69 Å². The molecule has 0 bridgehead atoms. The molecule has 7 nitrogen and oxygen atoms in total. The molecule has 0 aliphatic carbocycles. The van der Waals surface area contributed by atoms with E-state index in [1.165, 1.54) is 18.3 Å². The third-order valence-corrected chi connectivity index (χ3v) is 4.95. The number of aromatic amines is 1. The van der Waals surface area contributed by atoms with Crippen molar-refractivity contribution in [1.82, 2.24) is 25.8 Å². The summed E-state index contributed by atoms with van der Waals surface area (Å²) in [6.45, 7) is 3.55. The van der Waals surface area contributed by atoms with E-state index < -0.39 is 17.4 Å².